The largest absolute Gasteiger partial charge is 0.249 e. The number of rotatable bonds is 4. The van der Waals surface area contributed by atoms with Gasteiger partial charge in [-0.2, -0.15) is 0 Å². The van der Waals surface area contributed by atoms with Crippen LogP contribution in [0.1, 0.15) is 22.3 Å². The average molecular weight is 712 g/mol. The lowest BCUT2D eigenvalue weighted by molar-refractivity contribution is 1.26. The van der Waals surface area contributed by atoms with E-state index in [1.807, 2.05) is 28.7 Å². The summed E-state index contributed by atoms with van der Waals surface area (Å²) < 4.78 is 5.21. The van der Waals surface area contributed by atoms with E-state index in [1.54, 1.807) is 0 Å². The molecule has 250 valence electrons. The van der Waals surface area contributed by atoms with E-state index >= 15 is 0 Å². The van der Waals surface area contributed by atoms with E-state index in [0.717, 1.165) is 17.7 Å². The fourth-order valence-corrected chi connectivity index (χ4v) is 10.2. The summed E-state index contributed by atoms with van der Waals surface area (Å²) in [5, 5.41) is 5.19. The maximum Gasteiger partial charge on any atom is 0.0712 e. The smallest absolute Gasteiger partial charge is 0.0712 e. The summed E-state index contributed by atoms with van der Waals surface area (Å²) in [7, 11) is 0. The van der Waals surface area contributed by atoms with Crippen molar-refractivity contribution in [2.24, 2.45) is 4.99 Å². The molecule has 9 aromatic rings. The lowest BCUT2D eigenvalue weighted by Gasteiger charge is -2.16. The molecule has 0 unspecified atom stereocenters. The Labute approximate surface area is 316 Å². The molecule has 1 aliphatic heterocycles. The van der Waals surface area contributed by atoms with E-state index < -0.39 is 0 Å². The summed E-state index contributed by atoms with van der Waals surface area (Å²) in [6.07, 6.45) is 7.27. The molecule has 2 aromatic heterocycles. The molecule has 53 heavy (non-hydrogen) atoms. The van der Waals surface area contributed by atoms with Crippen molar-refractivity contribution in [1.82, 2.24) is 0 Å². The van der Waals surface area contributed by atoms with E-state index in [0.29, 0.717) is 5.70 Å². The number of thiophene rings is 2. The van der Waals surface area contributed by atoms with Crippen LogP contribution in [-0.2, 0) is 6.42 Å². The second kappa shape index (κ2) is 13.1. The highest BCUT2D eigenvalue weighted by atomic mass is 32.1. The second-order valence-corrected chi connectivity index (χ2v) is 15.7. The third-order valence-corrected chi connectivity index (χ3v) is 12.7. The molecule has 0 saturated heterocycles. The van der Waals surface area contributed by atoms with E-state index in [4.69, 9.17) is 4.99 Å². The van der Waals surface area contributed by atoms with E-state index in [-0.39, 0.29) is 0 Å². The fourth-order valence-electron chi connectivity index (χ4n) is 7.71. The van der Waals surface area contributed by atoms with Crippen molar-refractivity contribution in [3.63, 3.8) is 0 Å². The first-order valence-corrected chi connectivity index (χ1v) is 19.6. The normalized spacial score (nSPS) is 16.0. The number of hydrogen-bond acceptors (Lipinski definition) is 3. The molecular formula is C50H33NS2. The molecule has 0 radical (unpaired) electrons. The predicted octanol–water partition coefficient (Wildman–Crippen LogP) is 14.4. The first-order chi connectivity index (χ1) is 26.2. The molecule has 1 nitrogen and oxygen atoms in total. The Morgan fingerprint density at radius 1 is 0.472 bits per heavy atom. The highest BCUT2D eigenvalue weighted by molar-refractivity contribution is 7.26. The van der Waals surface area contributed by atoms with E-state index in [2.05, 4.69) is 176 Å². The Balaban J connectivity index is 1.25. The molecule has 3 heterocycles. The van der Waals surface area contributed by atoms with Gasteiger partial charge in [0.25, 0.3) is 0 Å². The molecule has 0 fully saturated rings. The van der Waals surface area contributed by atoms with Crippen LogP contribution in [-0.4, -0.2) is 5.71 Å². The van der Waals surface area contributed by atoms with Crippen LogP contribution in [0.2, 0.25) is 0 Å². The molecule has 1 aliphatic rings. The monoisotopic (exact) mass is 711 g/mol. The van der Waals surface area contributed by atoms with Gasteiger partial charge in [-0.25, -0.2) is 4.99 Å². The average Bonchev–Trinajstić information content (AvgIpc) is 3.79. The van der Waals surface area contributed by atoms with Gasteiger partial charge < -0.3 is 0 Å². The molecule has 10 rings (SSSR count). The molecule has 0 bridgehead atoms. The molecule has 7 aromatic carbocycles. The molecule has 0 spiro atoms. The number of hydrogen-bond donors (Lipinski definition) is 0. The summed E-state index contributed by atoms with van der Waals surface area (Å²) in [6.45, 7) is 4.43. The van der Waals surface area contributed by atoms with E-state index in [1.165, 1.54) is 84.9 Å². The topological polar surface area (TPSA) is 12.4 Å². The maximum atomic E-state index is 5.28. The minimum Gasteiger partial charge on any atom is -0.249 e. The summed E-state index contributed by atoms with van der Waals surface area (Å²) >= 11 is 3.74. The number of aliphatic imine (C=N–C) groups is 1. The molecule has 0 amide bonds. The molecular weight excluding hydrogens is 679 g/mol. The number of benzene rings is 7. The Hall–Kier alpha value is -6.13. The van der Waals surface area contributed by atoms with Crippen molar-refractivity contribution in [2.75, 3.05) is 0 Å². The molecule has 3 heteroatoms. The molecule has 0 aliphatic carbocycles. The summed E-state index contributed by atoms with van der Waals surface area (Å²) in [6, 6.07) is 57.4. The van der Waals surface area contributed by atoms with Gasteiger partial charge in [0.15, 0.2) is 0 Å². The van der Waals surface area contributed by atoms with Gasteiger partial charge in [0.1, 0.15) is 0 Å². The van der Waals surface area contributed by atoms with Crippen LogP contribution >= 0.6 is 22.7 Å². The maximum absolute atomic E-state index is 5.28. The first-order valence-electron chi connectivity index (χ1n) is 17.9. The number of allylic oxidation sites excluding steroid dienone is 3. The third-order valence-electron chi connectivity index (χ3n) is 10.3. The quantitative estimate of drug-likeness (QED) is 0.172. The van der Waals surface area contributed by atoms with Gasteiger partial charge in [-0.3, -0.25) is 0 Å². The van der Waals surface area contributed by atoms with Crippen LogP contribution in [0.5, 0.6) is 0 Å². The van der Waals surface area contributed by atoms with E-state index in [9.17, 15) is 0 Å². The van der Waals surface area contributed by atoms with Crippen LogP contribution in [0.25, 0.3) is 74.2 Å². The Morgan fingerprint density at radius 2 is 1.02 bits per heavy atom. The minimum absolute atomic E-state index is 0.713. The number of nitrogens with zero attached hydrogens (tertiary/aromatic N) is 1. The van der Waals surface area contributed by atoms with Gasteiger partial charge in [-0.05, 0) is 93.4 Å². The van der Waals surface area contributed by atoms with Gasteiger partial charge in [0.05, 0.1) is 11.4 Å². The lowest BCUT2D eigenvalue weighted by Crippen LogP contribution is -2.04. The van der Waals surface area contributed by atoms with Gasteiger partial charge in [0, 0.05) is 45.9 Å². The Kier molecular flexibility index (Phi) is 7.83. The zero-order valence-electron chi connectivity index (χ0n) is 28.9. The van der Waals surface area contributed by atoms with Crippen molar-refractivity contribution in [3.8, 4) is 22.3 Å². The third kappa shape index (κ3) is 5.75. The predicted molar refractivity (Wildman–Crippen MR) is 232 cm³/mol. The molecule has 0 atom stereocenters. The van der Waals surface area contributed by atoms with Crippen molar-refractivity contribution in [3.05, 3.63) is 204 Å². The van der Waals surface area contributed by atoms with Gasteiger partial charge >= 0.3 is 0 Å². The minimum atomic E-state index is 0.713. The van der Waals surface area contributed by atoms with Crippen molar-refractivity contribution >= 4 is 80.4 Å². The van der Waals surface area contributed by atoms with Gasteiger partial charge in [-0.15, -0.1) is 22.7 Å². The van der Waals surface area contributed by atoms with Crippen molar-refractivity contribution < 1.29 is 0 Å². The standard InChI is InChI=1S/C50H33NS2/c1-32-25-26-34-15-5-6-16-35(34)27-36(33-13-3-2-4-14-33)31-46(51-32)39-29-37(40-19-11-21-44-42-17-7-9-23-47(42)52-49(40)44)28-38(30-39)41-20-12-22-45-43-18-8-10-24-48(43)53-50(41)45/h2-26,28-31H,1,27H2/b26-25-,36-31+,51-46+. The molecule has 0 N–H and O–H groups in total. The van der Waals surface area contributed by atoms with Crippen LogP contribution < -0.4 is 0 Å². The summed E-state index contributed by atoms with van der Waals surface area (Å²) in [5.41, 5.74) is 12.3. The van der Waals surface area contributed by atoms with Crippen LogP contribution in [0, 0.1) is 0 Å². The van der Waals surface area contributed by atoms with Crippen molar-refractivity contribution in [2.45, 2.75) is 6.42 Å². The molecule has 0 saturated carbocycles. The van der Waals surface area contributed by atoms with Gasteiger partial charge in [0.2, 0.25) is 0 Å². The number of fused-ring (bicyclic) bond motifs is 7. The second-order valence-electron chi connectivity index (χ2n) is 13.6. The zero-order chi connectivity index (χ0) is 35.3. The first kappa shape index (κ1) is 31.6. The van der Waals surface area contributed by atoms with Crippen molar-refractivity contribution in [1.29, 1.82) is 0 Å². The fraction of sp³-hybridized carbons (Fsp3) is 0.0200. The van der Waals surface area contributed by atoms with Gasteiger partial charge in [-0.1, -0.05) is 140 Å². The Bertz CT molecular complexity index is 2860. The Morgan fingerprint density at radius 3 is 1.68 bits per heavy atom. The SMILES string of the molecule is C=C1/C=C\c2ccccc2C/C(c2ccccc2)=C\C(c2cc(-c3cccc4c3sc3ccccc34)cc(-c3cccc4c3sc3ccccc34)c2)=N/1. The lowest BCUT2D eigenvalue weighted by atomic mass is 9.90. The van der Waals surface area contributed by atoms with Crippen LogP contribution in [0.3, 0.4) is 0 Å². The summed E-state index contributed by atoms with van der Waals surface area (Å²) in [5.74, 6) is 0. The zero-order valence-corrected chi connectivity index (χ0v) is 30.6. The van der Waals surface area contributed by atoms with Crippen LogP contribution in [0.4, 0.5) is 0 Å². The highest BCUT2D eigenvalue weighted by Gasteiger charge is 2.18. The summed E-state index contributed by atoms with van der Waals surface area (Å²) in [4.78, 5) is 5.28. The highest BCUT2D eigenvalue weighted by Crippen LogP contribution is 2.44. The van der Waals surface area contributed by atoms with Crippen LogP contribution in [0.15, 0.2) is 187 Å².